The largest absolute Gasteiger partial charge is 0.465 e. The molecule has 1 amide bonds. The summed E-state index contributed by atoms with van der Waals surface area (Å²) in [5.74, 6) is -0.357. The predicted molar refractivity (Wildman–Crippen MR) is 81.1 cm³/mol. The van der Waals surface area contributed by atoms with Crippen LogP contribution >= 0.6 is 15.9 Å². The molecule has 0 radical (unpaired) electrons. The summed E-state index contributed by atoms with van der Waals surface area (Å²) in [7, 11) is 1.35. The van der Waals surface area contributed by atoms with Gasteiger partial charge in [-0.2, -0.15) is 0 Å². The van der Waals surface area contributed by atoms with Crippen molar-refractivity contribution in [2.75, 3.05) is 12.0 Å². The second-order valence-electron chi connectivity index (χ2n) is 5.74. The van der Waals surface area contributed by atoms with E-state index in [1.54, 1.807) is 17.0 Å². The molecule has 1 aromatic rings. The number of rotatable bonds is 2. The highest BCUT2D eigenvalue weighted by atomic mass is 79.9. The number of esters is 1. The maximum Gasteiger partial charge on any atom is 0.337 e. The second-order valence-corrected chi connectivity index (χ2v) is 6.59. The van der Waals surface area contributed by atoms with Crippen molar-refractivity contribution in [3.05, 3.63) is 27.7 Å². The van der Waals surface area contributed by atoms with Gasteiger partial charge in [0.2, 0.25) is 5.91 Å². The molecule has 1 aliphatic heterocycles. The molecular weight excluding hydrogens is 322 g/mol. The van der Waals surface area contributed by atoms with E-state index >= 15 is 0 Å². The van der Waals surface area contributed by atoms with E-state index in [2.05, 4.69) is 15.9 Å². The van der Waals surface area contributed by atoms with Crippen LogP contribution in [0.25, 0.3) is 0 Å². The van der Waals surface area contributed by atoms with E-state index in [1.807, 2.05) is 27.7 Å². The number of methoxy groups -OCH3 is 1. The normalized spacial score (nSPS) is 16.6. The number of halogens is 1. The fraction of sp³-hybridized carbons (Fsp3) is 0.467. The zero-order chi connectivity index (χ0) is 15.2. The molecule has 1 aliphatic rings. The quantitative estimate of drug-likeness (QED) is 0.777. The van der Waals surface area contributed by atoms with E-state index in [9.17, 15) is 9.59 Å². The van der Waals surface area contributed by atoms with Gasteiger partial charge in [-0.15, -0.1) is 0 Å². The first kappa shape index (κ1) is 15.0. The first-order valence-electron chi connectivity index (χ1n) is 6.47. The van der Waals surface area contributed by atoms with Crippen molar-refractivity contribution in [1.82, 2.24) is 0 Å². The van der Waals surface area contributed by atoms with Gasteiger partial charge in [-0.05, 0) is 61.3 Å². The number of benzene rings is 1. The summed E-state index contributed by atoms with van der Waals surface area (Å²) in [5.41, 5.74) is 1.50. The van der Waals surface area contributed by atoms with Gasteiger partial charge in [0, 0.05) is 10.5 Å². The van der Waals surface area contributed by atoms with Gasteiger partial charge in [-0.3, -0.25) is 4.79 Å². The zero-order valence-corrected chi connectivity index (χ0v) is 13.9. The maximum absolute atomic E-state index is 12.6. The highest BCUT2D eigenvalue weighted by Gasteiger charge is 2.46. The topological polar surface area (TPSA) is 46.6 Å². The Morgan fingerprint density at radius 3 is 2.45 bits per heavy atom. The lowest BCUT2D eigenvalue weighted by Crippen LogP contribution is -2.40. The molecule has 2 rings (SSSR count). The van der Waals surface area contributed by atoms with Gasteiger partial charge in [-0.1, -0.05) is 0 Å². The molecule has 20 heavy (non-hydrogen) atoms. The average Bonchev–Trinajstić information content (AvgIpc) is 2.58. The van der Waals surface area contributed by atoms with Gasteiger partial charge in [0.05, 0.1) is 23.8 Å². The maximum atomic E-state index is 12.6. The fourth-order valence-corrected chi connectivity index (χ4v) is 3.22. The summed E-state index contributed by atoms with van der Waals surface area (Å²) >= 11 is 3.48. The van der Waals surface area contributed by atoms with Crippen LogP contribution in [0.1, 0.15) is 43.6 Å². The molecule has 5 heteroatoms. The molecule has 4 nitrogen and oxygen atoms in total. The molecule has 0 N–H and O–H groups in total. The van der Waals surface area contributed by atoms with E-state index in [-0.39, 0.29) is 11.9 Å². The van der Waals surface area contributed by atoms with Gasteiger partial charge in [-0.25, -0.2) is 4.79 Å². The Bertz CT molecular complexity index is 593. The highest BCUT2D eigenvalue weighted by molar-refractivity contribution is 9.10. The second kappa shape index (κ2) is 4.88. The fourth-order valence-electron chi connectivity index (χ4n) is 2.57. The predicted octanol–water partition coefficient (Wildman–Crippen LogP) is 3.27. The number of hydrogen-bond acceptors (Lipinski definition) is 3. The number of ether oxygens (including phenoxy) is 1. The Kier molecular flexibility index (Phi) is 3.67. The third-order valence-corrected chi connectivity index (χ3v) is 4.27. The Morgan fingerprint density at radius 2 is 1.95 bits per heavy atom. The standard InChI is InChI=1S/C15H18BrNO3/c1-8(2)17-12-10(15(3,4)14(17)19)6-9(7-11(12)16)13(18)20-5/h6-8H,1-5H3. The molecule has 0 bridgehead atoms. The minimum absolute atomic E-state index is 0.0465. The number of fused-ring (bicyclic) bond motifs is 1. The molecule has 0 aromatic heterocycles. The molecule has 0 fully saturated rings. The van der Waals surface area contributed by atoms with Crippen LogP contribution in [0.15, 0.2) is 16.6 Å². The molecular formula is C15H18BrNO3. The van der Waals surface area contributed by atoms with Crippen LogP contribution in [0.3, 0.4) is 0 Å². The molecule has 0 saturated carbocycles. The number of anilines is 1. The first-order valence-corrected chi connectivity index (χ1v) is 7.27. The van der Waals surface area contributed by atoms with Crippen molar-refractivity contribution in [3.8, 4) is 0 Å². The zero-order valence-electron chi connectivity index (χ0n) is 12.3. The van der Waals surface area contributed by atoms with Crippen LogP contribution in [0.2, 0.25) is 0 Å². The number of hydrogen-bond donors (Lipinski definition) is 0. The Morgan fingerprint density at radius 1 is 1.35 bits per heavy atom. The minimum Gasteiger partial charge on any atom is -0.465 e. The van der Waals surface area contributed by atoms with Crippen molar-refractivity contribution in [3.63, 3.8) is 0 Å². The third kappa shape index (κ3) is 2.04. The lowest BCUT2D eigenvalue weighted by molar-refractivity contribution is -0.122. The number of amides is 1. The lowest BCUT2D eigenvalue weighted by atomic mass is 9.85. The Labute approximate surface area is 127 Å². The lowest BCUT2D eigenvalue weighted by Gasteiger charge is -2.24. The molecule has 0 aliphatic carbocycles. The number of carbonyl (C=O) groups is 2. The van der Waals surface area contributed by atoms with E-state index in [0.29, 0.717) is 5.56 Å². The van der Waals surface area contributed by atoms with Crippen LogP contribution in [0.5, 0.6) is 0 Å². The van der Waals surface area contributed by atoms with Crippen molar-refractivity contribution in [2.24, 2.45) is 0 Å². The highest BCUT2D eigenvalue weighted by Crippen LogP contribution is 2.47. The van der Waals surface area contributed by atoms with Crippen LogP contribution < -0.4 is 4.90 Å². The molecule has 108 valence electrons. The summed E-state index contributed by atoms with van der Waals surface area (Å²) in [6.45, 7) is 7.71. The summed E-state index contributed by atoms with van der Waals surface area (Å²) in [5, 5.41) is 0. The molecule has 1 aromatic carbocycles. The van der Waals surface area contributed by atoms with E-state index < -0.39 is 11.4 Å². The van der Waals surface area contributed by atoms with E-state index in [4.69, 9.17) is 4.74 Å². The van der Waals surface area contributed by atoms with Gasteiger partial charge < -0.3 is 9.64 Å². The van der Waals surface area contributed by atoms with Crippen LogP contribution in [-0.2, 0) is 14.9 Å². The summed E-state index contributed by atoms with van der Waals surface area (Å²) < 4.78 is 5.50. The summed E-state index contributed by atoms with van der Waals surface area (Å²) in [6, 6.07) is 3.52. The minimum atomic E-state index is -0.647. The van der Waals surface area contributed by atoms with Gasteiger partial charge in [0.1, 0.15) is 0 Å². The SMILES string of the molecule is COC(=O)c1cc(Br)c2c(c1)C(C)(C)C(=O)N2C(C)C. The van der Waals surface area contributed by atoms with Crippen LogP contribution in [0, 0.1) is 0 Å². The smallest absolute Gasteiger partial charge is 0.337 e. The van der Waals surface area contributed by atoms with Gasteiger partial charge in [0.25, 0.3) is 0 Å². The molecule has 0 spiro atoms. The summed E-state index contributed by atoms with van der Waals surface area (Å²) in [6.07, 6.45) is 0. The van der Waals surface area contributed by atoms with Crippen molar-refractivity contribution in [2.45, 2.75) is 39.2 Å². The van der Waals surface area contributed by atoms with Crippen LogP contribution in [0.4, 0.5) is 5.69 Å². The molecule has 0 atom stereocenters. The van der Waals surface area contributed by atoms with Crippen molar-refractivity contribution in [1.29, 1.82) is 0 Å². The summed E-state index contributed by atoms with van der Waals surface area (Å²) in [4.78, 5) is 26.1. The van der Waals surface area contributed by atoms with Crippen molar-refractivity contribution < 1.29 is 14.3 Å². The molecule has 1 heterocycles. The van der Waals surface area contributed by atoms with Gasteiger partial charge in [0.15, 0.2) is 0 Å². The average molecular weight is 340 g/mol. The molecule has 0 unspecified atom stereocenters. The number of carbonyl (C=O) groups excluding carboxylic acids is 2. The van der Waals surface area contributed by atoms with Crippen molar-refractivity contribution >= 4 is 33.5 Å². The third-order valence-electron chi connectivity index (χ3n) is 3.67. The Balaban J connectivity index is 2.71. The van der Waals surface area contributed by atoms with Gasteiger partial charge >= 0.3 is 5.97 Å². The monoisotopic (exact) mass is 339 g/mol. The Hall–Kier alpha value is -1.36. The molecule has 0 saturated heterocycles. The van der Waals surface area contributed by atoms with E-state index in [1.165, 1.54) is 7.11 Å². The van der Waals surface area contributed by atoms with Crippen LogP contribution in [-0.4, -0.2) is 25.0 Å². The van der Waals surface area contributed by atoms with E-state index in [0.717, 1.165) is 15.7 Å². The number of nitrogens with zero attached hydrogens (tertiary/aromatic N) is 1. The first-order chi connectivity index (χ1) is 9.21.